The molecule has 37 heavy (non-hydrogen) atoms. The smallest absolute Gasteiger partial charge is 0.300 e. The second-order valence-electron chi connectivity index (χ2n) is 10.0. The number of rotatable bonds is 5. The maximum atomic E-state index is 14.2. The van der Waals surface area contributed by atoms with Crippen LogP contribution in [0.15, 0.2) is 84.9 Å². The Morgan fingerprint density at radius 1 is 0.811 bits per heavy atom. The van der Waals surface area contributed by atoms with Gasteiger partial charge in [0.15, 0.2) is 0 Å². The molecule has 4 atom stereocenters. The first-order valence-corrected chi connectivity index (χ1v) is 12.6. The number of imide groups is 2. The van der Waals surface area contributed by atoms with E-state index in [-0.39, 0.29) is 18.9 Å². The molecule has 0 radical (unpaired) electrons. The Morgan fingerprint density at radius 2 is 1.49 bits per heavy atom. The first kappa shape index (κ1) is 23.2. The Balaban J connectivity index is 1.52. The molecule has 3 aliphatic rings. The lowest BCUT2D eigenvalue weighted by atomic mass is 9.77. The van der Waals surface area contributed by atoms with Crippen LogP contribution >= 0.6 is 0 Å². The predicted octanol–water partition coefficient (Wildman–Crippen LogP) is 4.47. The molecule has 3 aliphatic heterocycles. The summed E-state index contributed by atoms with van der Waals surface area (Å²) in [6, 6.07) is 24.5. The van der Waals surface area contributed by atoms with Gasteiger partial charge in [0.05, 0.1) is 30.1 Å². The van der Waals surface area contributed by atoms with Crippen LogP contribution in [0.2, 0.25) is 0 Å². The molecule has 6 rings (SSSR count). The number of fused-ring (bicyclic) bond motifs is 3. The monoisotopic (exact) mass is 493 g/mol. The molecule has 3 heterocycles. The van der Waals surface area contributed by atoms with E-state index in [0.29, 0.717) is 5.69 Å². The van der Waals surface area contributed by atoms with E-state index < -0.39 is 41.3 Å². The molecule has 3 aromatic carbocycles. The average Bonchev–Trinajstić information content (AvgIpc) is 3.44. The molecule has 0 bridgehead atoms. The van der Waals surface area contributed by atoms with E-state index >= 15 is 0 Å². The highest BCUT2D eigenvalue weighted by molar-refractivity contribution is 6.26. The van der Waals surface area contributed by atoms with Crippen molar-refractivity contribution in [1.82, 2.24) is 9.80 Å². The third kappa shape index (κ3) is 3.13. The fraction of sp³-hybridized carbons (Fsp3) is 0.267. The number of carbonyl (C=O) groups excluding carboxylic acids is 4. The van der Waals surface area contributed by atoms with E-state index in [0.717, 1.165) is 16.7 Å². The van der Waals surface area contributed by atoms with Crippen LogP contribution in [0, 0.1) is 18.8 Å². The Kier molecular flexibility index (Phi) is 5.26. The standard InChI is InChI=1S/C30H27N3O4/c1-3-30-24-23(26(34)31(27(24)35)18-20-12-6-4-7-13-20)25(21-14-10-11-19(2)17-21)33(30)29(37)32(28(30)36)22-15-8-5-9-16-22/h4-17,23-25H,3,18H2,1-2H3/t23-,24-,25-,30-/m1/s1. The summed E-state index contributed by atoms with van der Waals surface area (Å²) in [7, 11) is 0. The van der Waals surface area contributed by atoms with Crippen molar-refractivity contribution < 1.29 is 19.2 Å². The van der Waals surface area contributed by atoms with Crippen LogP contribution in [0.1, 0.15) is 36.1 Å². The van der Waals surface area contributed by atoms with Crippen molar-refractivity contribution in [3.8, 4) is 0 Å². The summed E-state index contributed by atoms with van der Waals surface area (Å²) in [5.74, 6) is -2.96. The van der Waals surface area contributed by atoms with Gasteiger partial charge >= 0.3 is 6.03 Å². The molecule has 3 fully saturated rings. The van der Waals surface area contributed by atoms with E-state index in [1.54, 1.807) is 29.2 Å². The third-order valence-electron chi connectivity index (χ3n) is 8.10. The lowest BCUT2D eigenvalue weighted by Crippen LogP contribution is -2.53. The maximum Gasteiger partial charge on any atom is 0.332 e. The molecule has 3 saturated heterocycles. The lowest BCUT2D eigenvalue weighted by Gasteiger charge is -2.34. The number of para-hydroxylation sites is 1. The summed E-state index contributed by atoms with van der Waals surface area (Å²) in [6.07, 6.45) is 0.225. The van der Waals surface area contributed by atoms with Crippen molar-refractivity contribution >= 4 is 29.4 Å². The van der Waals surface area contributed by atoms with Gasteiger partial charge in [-0.3, -0.25) is 19.3 Å². The van der Waals surface area contributed by atoms with E-state index in [2.05, 4.69) is 0 Å². The van der Waals surface area contributed by atoms with Crippen molar-refractivity contribution in [1.29, 1.82) is 0 Å². The number of hydrogen-bond acceptors (Lipinski definition) is 4. The van der Waals surface area contributed by atoms with Crippen LogP contribution in [0.5, 0.6) is 0 Å². The summed E-state index contributed by atoms with van der Waals surface area (Å²) in [4.78, 5) is 60.3. The highest BCUT2D eigenvalue weighted by Gasteiger charge is 2.76. The Labute approximate surface area is 215 Å². The van der Waals surface area contributed by atoms with E-state index in [1.165, 1.54) is 9.80 Å². The Bertz CT molecular complexity index is 1420. The summed E-state index contributed by atoms with van der Waals surface area (Å²) >= 11 is 0. The molecule has 7 nitrogen and oxygen atoms in total. The minimum Gasteiger partial charge on any atom is -0.300 e. The topological polar surface area (TPSA) is 78.0 Å². The van der Waals surface area contributed by atoms with Crippen LogP contribution < -0.4 is 4.90 Å². The molecule has 0 aromatic heterocycles. The van der Waals surface area contributed by atoms with Crippen LogP contribution in [-0.4, -0.2) is 39.1 Å². The zero-order valence-corrected chi connectivity index (χ0v) is 20.7. The molecular weight excluding hydrogens is 466 g/mol. The zero-order chi connectivity index (χ0) is 25.9. The van der Waals surface area contributed by atoms with Crippen LogP contribution in [-0.2, 0) is 20.9 Å². The molecule has 0 N–H and O–H groups in total. The van der Waals surface area contributed by atoms with Gasteiger partial charge in [0, 0.05) is 0 Å². The number of aryl methyl sites for hydroxylation is 1. The largest absolute Gasteiger partial charge is 0.332 e. The fourth-order valence-electron chi connectivity index (χ4n) is 6.52. The van der Waals surface area contributed by atoms with Crippen molar-refractivity contribution in [2.75, 3.05) is 4.90 Å². The van der Waals surface area contributed by atoms with Gasteiger partial charge in [0.1, 0.15) is 5.54 Å². The third-order valence-corrected chi connectivity index (χ3v) is 8.10. The molecule has 3 aromatic rings. The van der Waals surface area contributed by atoms with E-state index in [1.807, 2.05) is 74.5 Å². The minimum atomic E-state index is -1.44. The first-order valence-electron chi connectivity index (χ1n) is 12.6. The van der Waals surface area contributed by atoms with Crippen molar-refractivity contribution in [3.05, 3.63) is 102 Å². The fourth-order valence-corrected chi connectivity index (χ4v) is 6.52. The van der Waals surface area contributed by atoms with Crippen molar-refractivity contribution in [2.45, 2.75) is 38.4 Å². The summed E-state index contributed by atoms with van der Waals surface area (Å²) < 4.78 is 0. The first-order chi connectivity index (χ1) is 17.9. The number of nitrogens with zero attached hydrogens (tertiary/aromatic N) is 3. The number of likely N-dealkylation sites (tertiary alicyclic amines) is 1. The highest BCUT2D eigenvalue weighted by atomic mass is 16.2. The molecule has 186 valence electrons. The SMILES string of the molecule is CC[C@@]12C(=O)N(c3ccccc3)C(=O)N1[C@H](c1cccc(C)c1)[C@@H]1C(=O)N(Cc3ccccc3)C(=O)[C@@H]12. The van der Waals surface area contributed by atoms with Crippen LogP contribution in [0.4, 0.5) is 10.5 Å². The van der Waals surface area contributed by atoms with Gasteiger partial charge in [-0.05, 0) is 36.6 Å². The molecule has 0 unspecified atom stereocenters. The molecular formula is C30H27N3O4. The molecule has 7 heteroatoms. The second-order valence-corrected chi connectivity index (χ2v) is 10.0. The highest BCUT2D eigenvalue weighted by Crippen LogP contribution is 2.60. The number of urea groups is 1. The summed E-state index contributed by atoms with van der Waals surface area (Å²) in [5, 5.41) is 0. The van der Waals surface area contributed by atoms with Gasteiger partial charge in [-0.1, -0.05) is 85.3 Å². The molecule has 0 aliphatic carbocycles. The zero-order valence-electron chi connectivity index (χ0n) is 20.7. The number of carbonyl (C=O) groups is 4. The summed E-state index contributed by atoms with van der Waals surface area (Å²) in [5.41, 5.74) is 1.57. The quantitative estimate of drug-likeness (QED) is 0.388. The number of amides is 5. The Morgan fingerprint density at radius 3 is 2.14 bits per heavy atom. The van der Waals surface area contributed by atoms with Crippen molar-refractivity contribution in [2.24, 2.45) is 11.8 Å². The maximum absolute atomic E-state index is 14.2. The van der Waals surface area contributed by atoms with E-state index in [9.17, 15) is 19.2 Å². The van der Waals surface area contributed by atoms with Gasteiger partial charge < -0.3 is 4.90 Å². The van der Waals surface area contributed by atoms with Gasteiger partial charge in [-0.2, -0.15) is 0 Å². The van der Waals surface area contributed by atoms with Gasteiger partial charge in [-0.15, -0.1) is 0 Å². The van der Waals surface area contributed by atoms with Gasteiger partial charge in [0.2, 0.25) is 11.8 Å². The average molecular weight is 494 g/mol. The van der Waals surface area contributed by atoms with Crippen molar-refractivity contribution in [3.63, 3.8) is 0 Å². The van der Waals surface area contributed by atoms with E-state index in [4.69, 9.17) is 0 Å². The lowest BCUT2D eigenvalue weighted by molar-refractivity contribution is -0.145. The molecule has 5 amide bonds. The normalized spacial score (nSPS) is 26.8. The number of benzene rings is 3. The number of hydrogen-bond donors (Lipinski definition) is 0. The summed E-state index contributed by atoms with van der Waals surface area (Å²) in [6.45, 7) is 3.90. The van der Waals surface area contributed by atoms with Crippen LogP contribution in [0.3, 0.4) is 0 Å². The number of anilines is 1. The van der Waals surface area contributed by atoms with Gasteiger partial charge in [0.25, 0.3) is 5.91 Å². The minimum absolute atomic E-state index is 0.135. The molecule has 0 saturated carbocycles. The Hall–Kier alpha value is -4.26. The molecule has 0 spiro atoms. The van der Waals surface area contributed by atoms with Gasteiger partial charge in [-0.25, -0.2) is 9.69 Å². The second kappa shape index (κ2) is 8.40. The predicted molar refractivity (Wildman–Crippen MR) is 137 cm³/mol. The van der Waals surface area contributed by atoms with Crippen LogP contribution in [0.25, 0.3) is 0 Å².